The van der Waals surface area contributed by atoms with Gasteiger partial charge in [-0.1, -0.05) is 18.2 Å². The highest BCUT2D eigenvalue weighted by atomic mass is 32.2. The second-order valence-corrected chi connectivity index (χ2v) is 7.78. The Morgan fingerprint density at radius 3 is 2.56 bits per heavy atom. The number of hydrogen-bond donors (Lipinski definition) is 1. The number of rotatable bonds is 8. The van der Waals surface area contributed by atoms with Crippen LogP contribution in [-0.4, -0.2) is 28.0 Å². The van der Waals surface area contributed by atoms with Gasteiger partial charge in [-0.3, -0.25) is 4.79 Å². The highest BCUT2D eigenvalue weighted by Gasteiger charge is 2.17. The lowest BCUT2D eigenvalue weighted by Gasteiger charge is -2.10. The van der Waals surface area contributed by atoms with Gasteiger partial charge < -0.3 is 9.47 Å². The maximum atomic E-state index is 13.6. The van der Waals surface area contributed by atoms with Gasteiger partial charge in [0.25, 0.3) is 0 Å². The standard InChI is InChI=1S/C19H22FNO5S/c1-13-4-5-14(2)18(10-13)27(23,24)21-9-8-19(22)26-12-15-6-7-17(25-3)16(20)11-15/h4-7,10-11,21H,8-9,12H2,1-3H3. The first-order valence-corrected chi connectivity index (χ1v) is 9.76. The fourth-order valence-electron chi connectivity index (χ4n) is 2.40. The predicted octanol–water partition coefficient (Wildman–Crippen LogP) is 2.86. The molecule has 6 nitrogen and oxygen atoms in total. The van der Waals surface area contributed by atoms with Gasteiger partial charge in [-0.05, 0) is 48.7 Å². The normalized spacial score (nSPS) is 11.3. The lowest BCUT2D eigenvalue weighted by molar-refractivity contribution is -0.144. The summed E-state index contributed by atoms with van der Waals surface area (Å²) >= 11 is 0. The Balaban J connectivity index is 1.85. The largest absolute Gasteiger partial charge is 0.494 e. The molecule has 0 amide bonds. The number of ether oxygens (including phenoxy) is 2. The second kappa shape index (κ2) is 8.96. The summed E-state index contributed by atoms with van der Waals surface area (Å²) in [7, 11) is -2.35. The number of esters is 1. The highest BCUT2D eigenvalue weighted by Crippen LogP contribution is 2.18. The third-order valence-electron chi connectivity index (χ3n) is 3.87. The first kappa shape index (κ1) is 20.9. The Hall–Kier alpha value is -2.45. The molecule has 0 aromatic heterocycles. The van der Waals surface area contributed by atoms with E-state index in [1.807, 2.05) is 6.07 Å². The van der Waals surface area contributed by atoms with Crippen molar-refractivity contribution >= 4 is 16.0 Å². The average molecular weight is 395 g/mol. The van der Waals surface area contributed by atoms with Crippen molar-refractivity contribution in [3.8, 4) is 5.75 Å². The Bertz CT molecular complexity index is 928. The van der Waals surface area contributed by atoms with Gasteiger partial charge in [-0.25, -0.2) is 17.5 Å². The Morgan fingerprint density at radius 1 is 1.15 bits per heavy atom. The third kappa shape index (κ3) is 5.77. The van der Waals surface area contributed by atoms with E-state index in [1.54, 1.807) is 32.0 Å². The quantitative estimate of drug-likeness (QED) is 0.695. The van der Waals surface area contributed by atoms with Crippen molar-refractivity contribution in [1.82, 2.24) is 4.72 Å². The smallest absolute Gasteiger partial charge is 0.307 e. The number of benzene rings is 2. The minimum Gasteiger partial charge on any atom is -0.494 e. The number of carbonyl (C=O) groups is 1. The molecule has 0 radical (unpaired) electrons. The van der Waals surface area contributed by atoms with Crippen LogP contribution in [0, 0.1) is 19.7 Å². The molecule has 146 valence electrons. The fourth-order valence-corrected chi connectivity index (χ4v) is 3.76. The van der Waals surface area contributed by atoms with Gasteiger partial charge in [0.05, 0.1) is 18.4 Å². The molecule has 0 unspecified atom stereocenters. The van der Waals surface area contributed by atoms with Crippen molar-refractivity contribution in [3.63, 3.8) is 0 Å². The first-order chi connectivity index (χ1) is 12.7. The molecule has 0 saturated carbocycles. The topological polar surface area (TPSA) is 81.7 Å². The lowest BCUT2D eigenvalue weighted by Crippen LogP contribution is -2.27. The minimum absolute atomic E-state index is 0.0917. The fraction of sp³-hybridized carbons (Fsp3) is 0.316. The van der Waals surface area contributed by atoms with E-state index in [1.165, 1.54) is 19.2 Å². The van der Waals surface area contributed by atoms with Gasteiger partial charge in [-0.15, -0.1) is 0 Å². The molecule has 27 heavy (non-hydrogen) atoms. The number of halogens is 1. The maximum Gasteiger partial charge on any atom is 0.307 e. The molecule has 0 aliphatic carbocycles. The third-order valence-corrected chi connectivity index (χ3v) is 5.47. The molecule has 0 fully saturated rings. The molecule has 2 rings (SSSR count). The predicted molar refractivity (Wildman–Crippen MR) is 98.5 cm³/mol. The zero-order valence-corrected chi connectivity index (χ0v) is 16.2. The number of hydrogen-bond acceptors (Lipinski definition) is 5. The molecule has 0 aliphatic rings. The van der Waals surface area contributed by atoms with Crippen LogP contribution < -0.4 is 9.46 Å². The summed E-state index contributed by atoms with van der Waals surface area (Å²) in [5.74, 6) is -1.03. The van der Waals surface area contributed by atoms with Crippen LogP contribution in [0.1, 0.15) is 23.1 Å². The van der Waals surface area contributed by atoms with Gasteiger partial charge >= 0.3 is 5.97 Å². The van der Waals surface area contributed by atoms with Gasteiger partial charge in [0.15, 0.2) is 11.6 Å². The van der Waals surface area contributed by atoms with Gasteiger partial charge in [-0.2, -0.15) is 0 Å². The molecule has 0 bridgehead atoms. The molecule has 8 heteroatoms. The first-order valence-electron chi connectivity index (χ1n) is 8.28. The minimum atomic E-state index is -3.71. The van der Waals surface area contributed by atoms with E-state index in [0.717, 1.165) is 5.56 Å². The number of nitrogens with one attached hydrogen (secondary N) is 1. The SMILES string of the molecule is COc1ccc(COC(=O)CCNS(=O)(=O)c2cc(C)ccc2C)cc1F. The molecule has 1 N–H and O–H groups in total. The van der Waals surface area contributed by atoms with Gasteiger partial charge in [0, 0.05) is 6.54 Å². The van der Waals surface area contributed by atoms with Crippen molar-refractivity contribution in [3.05, 3.63) is 58.9 Å². The van der Waals surface area contributed by atoms with Crippen LogP contribution in [0.2, 0.25) is 0 Å². The molecular weight excluding hydrogens is 373 g/mol. The summed E-state index contributed by atoms with van der Waals surface area (Å²) in [5, 5.41) is 0. The number of aryl methyl sites for hydroxylation is 2. The molecule has 2 aromatic rings. The van der Waals surface area contributed by atoms with E-state index in [-0.39, 0.29) is 30.2 Å². The van der Waals surface area contributed by atoms with Crippen molar-refractivity contribution in [2.24, 2.45) is 0 Å². The van der Waals surface area contributed by atoms with E-state index < -0.39 is 21.8 Å². The van der Waals surface area contributed by atoms with Crippen LogP contribution in [0.15, 0.2) is 41.3 Å². The molecule has 2 aromatic carbocycles. The Kier molecular flexibility index (Phi) is 6.92. The van der Waals surface area contributed by atoms with Crippen LogP contribution in [0.4, 0.5) is 4.39 Å². The zero-order valence-electron chi connectivity index (χ0n) is 15.4. The highest BCUT2D eigenvalue weighted by molar-refractivity contribution is 7.89. The van der Waals surface area contributed by atoms with E-state index in [2.05, 4.69) is 4.72 Å². The van der Waals surface area contributed by atoms with Crippen molar-refractivity contribution in [1.29, 1.82) is 0 Å². The van der Waals surface area contributed by atoms with E-state index in [0.29, 0.717) is 11.1 Å². The Labute approximate surface area is 158 Å². The molecular formula is C19H22FNO5S. The molecule has 0 saturated heterocycles. The monoisotopic (exact) mass is 395 g/mol. The molecule has 0 aliphatic heterocycles. The number of sulfonamides is 1. The molecule has 0 atom stereocenters. The van der Waals surface area contributed by atoms with Gasteiger partial charge in [0.2, 0.25) is 10.0 Å². The summed E-state index contributed by atoms with van der Waals surface area (Å²) in [5.41, 5.74) is 1.92. The average Bonchev–Trinajstić information content (AvgIpc) is 2.62. The van der Waals surface area contributed by atoms with Gasteiger partial charge in [0.1, 0.15) is 6.61 Å². The Morgan fingerprint density at radius 2 is 1.89 bits per heavy atom. The molecule has 0 spiro atoms. The van der Waals surface area contributed by atoms with Crippen LogP contribution in [-0.2, 0) is 26.2 Å². The van der Waals surface area contributed by atoms with E-state index >= 15 is 0 Å². The van der Waals surface area contributed by atoms with Crippen LogP contribution in [0.3, 0.4) is 0 Å². The van der Waals surface area contributed by atoms with Crippen LogP contribution in [0.5, 0.6) is 5.75 Å². The summed E-state index contributed by atoms with van der Waals surface area (Å²) in [4.78, 5) is 12.0. The number of methoxy groups -OCH3 is 1. The summed E-state index contributed by atoms with van der Waals surface area (Å²) in [6.07, 6.45) is -0.136. The van der Waals surface area contributed by atoms with Crippen LogP contribution in [0.25, 0.3) is 0 Å². The summed E-state index contributed by atoms with van der Waals surface area (Å²) in [6.45, 7) is 3.31. The van der Waals surface area contributed by atoms with E-state index in [4.69, 9.17) is 9.47 Å². The lowest BCUT2D eigenvalue weighted by atomic mass is 10.2. The van der Waals surface area contributed by atoms with E-state index in [9.17, 15) is 17.6 Å². The van der Waals surface area contributed by atoms with Crippen molar-refractivity contribution in [2.75, 3.05) is 13.7 Å². The summed E-state index contributed by atoms with van der Waals surface area (Å²) < 4.78 is 50.5. The number of carbonyl (C=O) groups excluding carboxylic acids is 1. The molecule has 0 heterocycles. The summed E-state index contributed by atoms with van der Waals surface area (Å²) in [6, 6.07) is 9.37. The zero-order chi connectivity index (χ0) is 20.0. The van der Waals surface area contributed by atoms with Crippen molar-refractivity contribution < 1.29 is 27.1 Å². The maximum absolute atomic E-state index is 13.6. The van der Waals surface area contributed by atoms with Crippen LogP contribution >= 0.6 is 0 Å². The van der Waals surface area contributed by atoms with Crippen molar-refractivity contribution in [2.45, 2.75) is 31.8 Å². The second-order valence-electron chi connectivity index (χ2n) is 6.05.